The van der Waals surface area contributed by atoms with Crippen molar-refractivity contribution in [3.63, 3.8) is 0 Å². The molecule has 0 radical (unpaired) electrons. The van der Waals surface area contributed by atoms with Crippen molar-refractivity contribution in [2.24, 2.45) is 5.92 Å². The van der Waals surface area contributed by atoms with Gasteiger partial charge in [-0.2, -0.15) is 0 Å². The van der Waals surface area contributed by atoms with Gasteiger partial charge < -0.3 is 10.1 Å². The number of fused-ring (bicyclic) bond motifs is 2. The predicted molar refractivity (Wildman–Crippen MR) is 49.3 cm³/mol. The van der Waals surface area contributed by atoms with Gasteiger partial charge in [0.1, 0.15) is 6.10 Å². The van der Waals surface area contributed by atoms with Crippen LogP contribution in [0.15, 0.2) is 12.7 Å². The number of amides is 1. The summed E-state index contributed by atoms with van der Waals surface area (Å²) in [7, 11) is 0. The maximum Gasteiger partial charge on any atom is 0.330 e. The fourth-order valence-electron chi connectivity index (χ4n) is 2.17. The van der Waals surface area contributed by atoms with E-state index in [4.69, 9.17) is 4.74 Å². The maximum atomic E-state index is 11.3. The summed E-state index contributed by atoms with van der Waals surface area (Å²) < 4.78 is 5.15. The minimum atomic E-state index is -0.408. The Labute approximate surface area is 82.3 Å². The molecular formula is C10H13NO3. The Bertz CT molecular complexity index is 287. The van der Waals surface area contributed by atoms with E-state index >= 15 is 0 Å². The molecule has 1 heterocycles. The predicted octanol–water partition coefficient (Wildman–Crippen LogP) is 0.383. The molecule has 1 amide bonds. The lowest BCUT2D eigenvalue weighted by atomic mass is 9.88. The molecule has 1 saturated carbocycles. The molecule has 14 heavy (non-hydrogen) atoms. The van der Waals surface area contributed by atoms with Gasteiger partial charge >= 0.3 is 5.97 Å². The number of carbonyl (C=O) groups is 2. The summed E-state index contributed by atoms with van der Waals surface area (Å²) in [5.74, 6) is -0.166. The van der Waals surface area contributed by atoms with Crippen molar-refractivity contribution in [3.05, 3.63) is 12.7 Å². The van der Waals surface area contributed by atoms with E-state index in [1.807, 2.05) is 0 Å². The van der Waals surface area contributed by atoms with E-state index in [9.17, 15) is 9.59 Å². The van der Waals surface area contributed by atoms with E-state index in [1.165, 1.54) is 0 Å². The van der Waals surface area contributed by atoms with Crippen molar-refractivity contribution in [2.75, 3.05) is 0 Å². The molecule has 1 saturated heterocycles. The summed E-state index contributed by atoms with van der Waals surface area (Å²) in [6.07, 6.45) is 3.38. The van der Waals surface area contributed by atoms with Crippen molar-refractivity contribution < 1.29 is 14.3 Å². The second kappa shape index (κ2) is 3.44. The van der Waals surface area contributed by atoms with Crippen LogP contribution in [-0.2, 0) is 14.3 Å². The standard InChI is InChI=1S/C10H13NO3/c1-2-9(12)14-8-4-3-6-5-7(8)11-10(6)13/h2,6-8H,1,3-5H2,(H,11,13). The van der Waals surface area contributed by atoms with Crippen molar-refractivity contribution >= 4 is 11.9 Å². The van der Waals surface area contributed by atoms with Gasteiger partial charge in [0, 0.05) is 12.0 Å². The summed E-state index contributed by atoms with van der Waals surface area (Å²) >= 11 is 0. The smallest absolute Gasteiger partial charge is 0.330 e. The van der Waals surface area contributed by atoms with Gasteiger partial charge in [-0.15, -0.1) is 0 Å². The quantitative estimate of drug-likeness (QED) is 0.512. The van der Waals surface area contributed by atoms with Crippen LogP contribution in [0, 0.1) is 5.92 Å². The molecule has 0 aromatic carbocycles. The Balaban J connectivity index is 1.98. The first kappa shape index (κ1) is 9.24. The van der Waals surface area contributed by atoms with Crippen LogP contribution in [0.3, 0.4) is 0 Å². The first-order valence-electron chi connectivity index (χ1n) is 4.84. The van der Waals surface area contributed by atoms with E-state index in [-0.39, 0.29) is 24.0 Å². The Hall–Kier alpha value is -1.32. The zero-order valence-corrected chi connectivity index (χ0v) is 7.86. The highest BCUT2D eigenvalue weighted by Gasteiger charge is 2.42. The second-order valence-electron chi connectivity index (χ2n) is 3.80. The van der Waals surface area contributed by atoms with E-state index in [2.05, 4.69) is 11.9 Å². The molecule has 3 atom stereocenters. The van der Waals surface area contributed by atoms with Crippen LogP contribution >= 0.6 is 0 Å². The molecule has 0 aromatic heterocycles. The van der Waals surface area contributed by atoms with Gasteiger partial charge in [-0.05, 0) is 19.3 Å². The summed E-state index contributed by atoms with van der Waals surface area (Å²) in [5, 5.41) is 2.84. The summed E-state index contributed by atoms with van der Waals surface area (Å²) in [6.45, 7) is 3.34. The molecule has 4 nitrogen and oxygen atoms in total. The minimum absolute atomic E-state index is 0.0187. The zero-order chi connectivity index (χ0) is 10.1. The van der Waals surface area contributed by atoms with E-state index in [0.29, 0.717) is 0 Å². The van der Waals surface area contributed by atoms with Crippen LogP contribution in [-0.4, -0.2) is 24.0 Å². The van der Waals surface area contributed by atoms with Gasteiger partial charge in [0.15, 0.2) is 0 Å². The van der Waals surface area contributed by atoms with Gasteiger partial charge in [0.25, 0.3) is 0 Å². The molecule has 0 aromatic rings. The Kier molecular flexibility index (Phi) is 2.27. The van der Waals surface area contributed by atoms with Gasteiger partial charge in [-0.1, -0.05) is 6.58 Å². The first-order valence-corrected chi connectivity index (χ1v) is 4.84. The number of hydrogen-bond donors (Lipinski definition) is 1. The fraction of sp³-hybridized carbons (Fsp3) is 0.600. The minimum Gasteiger partial charge on any atom is -0.457 e. The van der Waals surface area contributed by atoms with Crippen LogP contribution in [0.2, 0.25) is 0 Å². The lowest BCUT2D eigenvalue weighted by Gasteiger charge is -2.26. The third-order valence-electron chi connectivity index (χ3n) is 2.92. The van der Waals surface area contributed by atoms with Gasteiger partial charge in [0.2, 0.25) is 5.91 Å². The number of rotatable bonds is 2. The third kappa shape index (κ3) is 1.52. The van der Waals surface area contributed by atoms with Gasteiger partial charge in [0.05, 0.1) is 6.04 Å². The van der Waals surface area contributed by atoms with Crippen molar-refractivity contribution in [3.8, 4) is 0 Å². The normalized spacial score (nSPS) is 34.9. The van der Waals surface area contributed by atoms with E-state index < -0.39 is 5.97 Å². The average Bonchev–Trinajstić information content (AvgIpc) is 2.48. The summed E-state index contributed by atoms with van der Waals surface area (Å²) in [6, 6.07) is 0.0187. The summed E-state index contributed by atoms with van der Waals surface area (Å²) in [5.41, 5.74) is 0. The van der Waals surface area contributed by atoms with Crippen molar-refractivity contribution in [1.29, 1.82) is 0 Å². The number of nitrogens with one attached hydrogen (secondary N) is 1. The molecule has 1 aliphatic heterocycles. The third-order valence-corrected chi connectivity index (χ3v) is 2.92. The lowest BCUT2D eigenvalue weighted by molar-refractivity contribution is -0.145. The van der Waals surface area contributed by atoms with Crippen molar-refractivity contribution in [1.82, 2.24) is 5.32 Å². The molecule has 1 aliphatic carbocycles. The topological polar surface area (TPSA) is 55.4 Å². The van der Waals surface area contributed by atoms with Gasteiger partial charge in [-0.3, -0.25) is 4.79 Å². The highest BCUT2D eigenvalue weighted by atomic mass is 16.5. The number of carbonyl (C=O) groups excluding carboxylic acids is 2. The highest BCUT2D eigenvalue weighted by Crippen LogP contribution is 2.31. The average molecular weight is 195 g/mol. The molecule has 76 valence electrons. The first-order chi connectivity index (χ1) is 6.70. The molecular weight excluding hydrogens is 182 g/mol. The van der Waals surface area contributed by atoms with Crippen LogP contribution < -0.4 is 5.32 Å². The van der Waals surface area contributed by atoms with Crippen LogP contribution in [0.25, 0.3) is 0 Å². The molecule has 4 heteroatoms. The number of hydrogen-bond acceptors (Lipinski definition) is 3. The fourth-order valence-corrected chi connectivity index (χ4v) is 2.17. The monoisotopic (exact) mass is 195 g/mol. The zero-order valence-electron chi connectivity index (χ0n) is 7.86. The summed E-state index contributed by atoms with van der Waals surface area (Å²) in [4.78, 5) is 22.3. The number of esters is 1. The van der Waals surface area contributed by atoms with Crippen molar-refractivity contribution in [2.45, 2.75) is 31.4 Å². The largest absolute Gasteiger partial charge is 0.457 e. The van der Waals surface area contributed by atoms with Gasteiger partial charge in [-0.25, -0.2) is 4.79 Å². The Morgan fingerprint density at radius 1 is 1.57 bits per heavy atom. The molecule has 2 rings (SSSR count). The number of ether oxygens (including phenoxy) is 1. The lowest BCUT2D eigenvalue weighted by Crippen LogP contribution is -2.39. The van der Waals surface area contributed by atoms with Crippen LogP contribution in [0.1, 0.15) is 19.3 Å². The Morgan fingerprint density at radius 2 is 2.36 bits per heavy atom. The molecule has 2 bridgehead atoms. The molecule has 0 spiro atoms. The van der Waals surface area contributed by atoms with Crippen LogP contribution in [0.4, 0.5) is 0 Å². The molecule has 2 fully saturated rings. The highest BCUT2D eigenvalue weighted by molar-refractivity contribution is 5.83. The molecule has 2 aliphatic rings. The SMILES string of the molecule is C=CC(=O)OC1CCC2CC1NC2=O. The Morgan fingerprint density at radius 3 is 3.07 bits per heavy atom. The maximum absolute atomic E-state index is 11.3. The van der Waals surface area contributed by atoms with E-state index in [0.717, 1.165) is 25.3 Å². The second-order valence-corrected chi connectivity index (χ2v) is 3.80. The van der Waals surface area contributed by atoms with E-state index in [1.54, 1.807) is 0 Å². The molecule has 3 unspecified atom stereocenters. The molecule has 1 N–H and O–H groups in total. The van der Waals surface area contributed by atoms with Crippen LogP contribution in [0.5, 0.6) is 0 Å².